The number of hydrogen-bond acceptors (Lipinski definition) is 2. The van der Waals surface area contributed by atoms with E-state index in [9.17, 15) is 4.79 Å². The van der Waals surface area contributed by atoms with Crippen molar-refractivity contribution in [2.75, 3.05) is 6.61 Å². The Labute approximate surface area is 106 Å². The van der Waals surface area contributed by atoms with Crippen LogP contribution in [0.15, 0.2) is 12.7 Å². The third kappa shape index (κ3) is 13.1. The van der Waals surface area contributed by atoms with E-state index in [0.29, 0.717) is 13.0 Å². The topological polar surface area (TPSA) is 26.3 Å². The summed E-state index contributed by atoms with van der Waals surface area (Å²) >= 11 is 0. The maximum atomic E-state index is 11.4. The Bertz CT molecular complexity index is 213. The lowest BCUT2D eigenvalue weighted by atomic mass is 9.99. The summed E-state index contributed by atoms with van der Waals surface area (Å²) in [7, 11) is 0. The molecular formula is C15H28O2. The molecule has 0 radical (unpaired) electrons. The lowest BCUT2D eigenvalue weighted by Gasteiger charge is -2.17. The Morgan fingerprint density at radius 2 is 1.71 bits per heavy atom. The third-order valence-corrected chi connectivity index (χ3v) is 2.46. The van der Waals surface area contributed by atoms with Crippen LogP contribution in [0.25, 0.3) is 0 Å². The number of carbonyl (C=O) groups is 1. The van der Waals surface area contributed by atoms with Gasteiger partial charge in [0.15, 0.2) is 0 Å². The molecule has 0 fully saturated rings. The van der Waals surface area contributed by atoms with Crippen LogP contribution in [0.4, 0.5) is 0 Å². The first-order chi connectivity index (χ1) is 7.95. The summed E-state index contributed by atoms with van der Waals surface area (Å²) in [5.74, 6) is -0.0500. The minimum absolute atomic E-state index is 0.0500. The van der Waals surface area contributed by atoms with E-state index in [2.05, 4.69) is 27.4 Å². The van der Waals surface area contributed by atoms with Crippen LogP contribution in [0, 0.1) is 5.41 Å². The maximum Gasteiger partial charge on any atom is 0.305 e. The van der Waals surface area contributed by atoms with E-state index in [1.807, 2.05) is 6.08 Å². The second-order valence-electron chi connectivity index (χ2n) is 5.82. The van der Waals surface area contributed by atoms with Crippen molar-refractivity contribution in [1.29, 1.82) is 0 Å². The lowest BCUT2D eigenvalue weighted by Crippen LogP contribution is -2.18. The molecule has 2 heteroatoms. The Hall–Kier alpha value is -0.790. The van der Waals surface area contributed by atoms with Gasteiger partial charge in [-0.15, -0.1) is 6.58 Å². The highest BCUT2D eigenvalue weighted by molar-refractivity contribution is 5.69. The van der Waals surface area contributed by atoms with E-state index in [1.54, 1.807) is 0 Å². The zero-order valence-electron chi connectivity index (χ0n) is 11.8. The van der Waals surface area contributed by atoms with Crippen LogP contribution in [0.3, 0.4) is 0 Å². The second-order valence-corrected chi connectivity index (χ2v) is 5.82. The van der Waals surface area contributed by atoms with Gasteiger partial charge < -0.3 is 4.74 Å². The average molecular weight is 240 g/mol. The highest BCUT2D eigenvalue weighted by Crippen LogP contribution is 2.14. The molecule has 0 aromatic heterocycles. The van der Waals surface area contributed by atoms with Crippen LogP contribution in [0.5, 0.6) is 0 Å². The molecule has 0 amide bonds. The van der Waals surface area contributed by atoms with Crippen LogP contribution in [0.2, 0.25) is 0 Å². The van der Waals surface area contributed by atoms with Crippen molar-refractivity contribution in [3.05, 3.63) is 12.7 Å². The van der Waals surface area contributed by atoms with Gasteiger partial charge in [-0.1, -0.05) is 46.1 Å². The summed E-state index contributed by atoms with van der Waals surface area (Å²) in [6.07, 6.45) is 9.38. The molecule has 17 heavy (non-hydrogen) atoms. The molecule has 0 saturated carbocycles. The number of ether oxygens (including phenoxy) is 1. The second kappa shape index (κ2) is 9.26. The van der Waals surface area contributed by atoms with Crippen LogP contribution < -0.4 is 0 Å². The molecule has 0 unspecified atom stereocenters. The molecule has 100 valence electrons. The van der Waals surface area contributed by atoms with Crippen LogP contribution in [-0.4, -0.2) is 12.6 Å². The Kier molecular flexibility index (Phi) is 8.83. The van der Waals surface area contributed by atoms with E-state index in [0.717, 1.165) is 19.3 Å². The number of carbonyl (C=O) groups excluding carboxylic acids is 1. The predicted molar refractivity (Wildman–Crippen MR) is 72.9 cm³/mol. The Morgan fingerprint density at radius 1 is 1.12 bits per heavy atom. The van der Waals surface area contributed by atoms with Crippen molar-refractivity contribution in [3.63, 3.8) is 0 Å². The van der Waals surface area contributed by atoms with Gasteiger partial charge in [0.25, 0.3) is 0 Å². The molecule has 2 nitrogen and oxygen atoms in total. The lowest BCUT2D eigenvalue weighted by molar-refractivity contribution is -0.146. The normalized spacial score (nSPS) is 11.2. The standard InChI is InChI=1S/C15H28O2/c1-5-6-7-8-9-10-11-12-14(16)17-13-15(2,3)4/h5H,1,6-13H2,2-4H3. The maximum absolute atomic E-state index is 11.4. The van der Waals surface area contributed by atoms with Crippen molar-refractivity contribution in [2.24, 2.45) is 5.41 Å². The molecule has 0 heterocycles. The first-order valence-electron chi connectivity index (χ1n) is 6.72. The van der Waals surface area contributed by atoms with Gasteiger partial charge in [0.2, 0.25) is 0 Å². The third-order valence-electron chi connectivity index (χ3n) is 2.46. The average Bonchev–Trinajstić information content (AvgIpc) is 2.24. The van der Waals surface area contributed by atoms with Crippen molar-refractivity contribution in [1.82, 2.24) is 0 Å². The van der Waals surface area contributed by atoms with Gasteiger partial charge in [0.05, 0.1) is 6.61 Å². The van der Waals surface area contributed by atoms with E-state index in [4.69, 9.17) is 4.74 Å². The number of hydrogen-bond donors (Lipinski definition) is 0. The van der Waals surface area contributed by atoms with Crippen molar-refractivity contribution < 1.29 is 9.53 Å². The molecule has 0 spiro atoms. The number of rotatable bonds is 9. The molecule has 0 bridgehead atoms. The summed E-state index contributed by atoms with van der Waals surface area (Å²) in [6, 6.07) is 0. The van der Waals surface area contributed by atoms with Crippen LogP contribution >= 0.6 is 0 Å². The van der Waals surface area contributed by atoms with Gasteiger partial charge in [-0.25, -0.2) is 0 Å². The molecule has 0 aliphatic heterocycles. The van der Waals surface area contributed by atoms with Gasteiger partial charge >= 0.3 is 5.97 Å². The van der Waals surface area contributed by atoms with Gasteiger partial charge in [-0.05, 0) is 24.7 Å². The quantitative estimate of drug-likeness (QED) is 0.337. The van der Waals surface area contributed by atoms with E-state index in [1.165, 1.54) is 19.3 Å². The van der Waals surface area contributed by atoms with Crippen molar-refractivity contribution in [2.45, 2.75) is 65.7 Å². The zero-order chi connectivity index (χ0) is 13.1. The van der Waals surface area contributed by atoms with Crippen LogP contribution in [0.1, 0.15) is 65.7 Å². The summed E-state index contributed by atoms with van der Waals surface area (Å²) in [5.41, 5.74) is 0.0698. The SMILES string of the molecule is C=CCCCCCCCC(=O)OCC(C)(C)C. The monoisotopic (exact) mass is 240 g/mol. The molecule has 0 N–H and O–H groups in total. The number of esters is 1. The summed E-state index contributed by atoms with van der Waals surface area (Å²) in [6.45, 7) is 10.4. The smallest absolute Gasteiger partial charge is 0.305 e. The molecule has 0 aliphatic rings. The number of unbranched alkanes of at least 4 members (excludes halogenated alkanes) is 5. The van der Waals surface area contributed by atoms with Gasteiger partial charge in [0.1, 0.15) is 0 Å². The Balaban J connectivity index is 3.31. The van der Waals surface area contributed by atoms with Gasteiger partial charge in [-0.3, -0.25) is 4.79 Å². The summed E-state index contributed by atoms with van der Waals surface area (Å²) < 4.78 is 5.20. The summed E-state index contributed by atoms with van der Waals surface area (Å²) in [5, 5.41) is 0. The fourth-order valence-corrected chi connectivity index (χ4v) is 1.46. The van der Waals surface area contributed by atoms with Crippen molar-refractivity contribution in [3.8, 4) is 0 Å². The Morgan fingerprint density at radius 3 is 2.29 bits per heavy atom. The minimum Gasteiger partial charge on any atom is -0.465 e. The first kappa shape index (κ1) is 16.2. The molecule has 0 aromatic carbocycles. The first-order valence-corrected chi connectivity index (χ1v) is 6.72. The van der Waals surface area contributed by atoms with Gasteiger partial charge in [0, 0.05) is 6.42 Å². The molecule has 0 aromatic rings. The summed E-state index contributed by atoms with van der Waals surface area (Å²) in [4.78, 5) is 11.4. The van der Waals surface area contributed by atoms with E-state index >= 15 is 0 Å². The molecule has 0 saturated heterocycles. The largest absolute Gasteiger partial charge is 0.465 e. The van der Waals surface area contributed by atoms with Gasteiger partial charge in [-0.2, -0.15) is 0 Å². The van der Waals surface area contributed by atoms with E-state index in [-0.39, 0.29) is 11.4 Å². The molecule has 0 rings (SSSR count). The van der Waals surface area contributed by atoms with Crippen molar-refractivity contribution >= 4 is 5.97 Å². The minimum atomic E-state index is -0.0500. The predicted octanol–water partition coefficient (Wildman–Crippen LogP) is 4.49. The zero-order valence-corrected chi connectivity index (χ0v) is 11.8. The highest BCUT2D eigenvalue weighted by atomic mass is 16.5. The highest BCUT2D eigenvalue weighted by Gasteiger charge is 2.13. The van der Waals surface area contributed by atoms with Crippen LogP contribution in [-0.2, 0) is 9.53 Å². The fourth-order valence-electron chi connectivity index (χ4n) is 1.46. The molecule has 0 atom stereocenters. The fraction of sp³-hybridized carbons (Fsp3) is 0.800. The molecular weight excluding hydrogens is 212 g/mol. The molecule has 0 aliphatic carbocycles. The number of allylic oxidation sites excluding steroid dienone is 1. The van der Waals surface area contributed by atoms with E-state index < -0.39 is 0 Å².